The molecule has 0 aromatic rings. The fraction of sp³-hybridized carbons (Fsp3) is 0.889. The van der Waals surface area contributed by atoms with Crippen molar-refractivity contribution in [2.24, 2.45) is 5.92 Å². The van der Waals surface area contributed by atoms with E-state index < -0.39 is 5.97 Å². The number of likely N-dealkylation sites (tertiary alicyclic amines) is 1. The van der Waals surface area contributed by atoms with Crippen molar-refractivity contribution in [3.05, 3.63) is 0 Å². The van der Waals surface area contributed by atoms with Crippen LogP contribution < -0.4 is 0 Å². The second-order valence-electron chi connectivity index (χ2n) is 3.55. The number of hydrogen-bond acceptors (Lipinski definition) is 2. The highest BCUT2D eigenvalue weighted by atomic mass is 16.4. The van der Waals surface area contributed by atoms with Gasteiger partial charge in [0.2, 0.25) is 0 Å². The molecule has 3 heteroatoms. The molecule has 0 aromatic heterocycles. The highest BCUT2D eigenvalue weighted by Gasteiger charge is 2.23. The van der Waals surface area contributed by atoms with E-state index in [1.165, 1.54) is 6.42 Å². The van der Waals surface area contributed by atoms with Crippen molar-refractivity contribution < 1.29 is 9.90 Å². The molecule has 0 spiro atoms. The number of aliphatic carboxylic acids is 1. The Labute approximate surface area is 73.4 Å². The highest BCUT2D eigenvalue weighted by molar-refractivity contribution is 5.67. The molecular weight excluding hydrogens is 154 g/mol. The Morgan fingerprint density at radius 3 is 3.00 bits per heavy atom. The van der Waals surface area contributed by atoms with E-state index in [9.17, 15) is 4.79 Å². The number of carboxylic acids is 1. The molecule has 0 unspecified atom stereocenters. The van der Waals surface area contributed by atoms with Gasteiger partial charge in [-0.05, 0) is 31.8 Å². The van der Waals surface area contributed by atoms with Crippen molar-refractivity contribution >= 4 is 5.97 Å². The SMILES string of the molecule is CCCN1CC[C@@H](CC(=O)O)C1. The van der Waals surface area contributed by atoms with Gasteiger partial charge in [-0.2, -0.15) is 0 Å². The Kier molecular flexibility index (Phi) is 3.53. The van der Waals surface area contributed by atoms with Crippen LogP contribution in [0.4, 0.5) is 0 Å². The second kappa shape index (κ2) is 4.45. The first-order valence-electron chi connectivity index (χ1n) is 4.66. The molecule has 1 atom stereocenters. The van der Waals surface area contributed by atoms with Crippen LogP contribution in [0.25, 0.3) is 0 Å². The van der Waals surface area contributed by atoms with Crippen LogP contribution in [0.3, 0.4) is 0 Å². The lowest BCUT2D eigenvalue weighted by molar-refractivity contribution is -0.138. The molecular formula is C9H17NO2. The maximum Gasteiger partial charge on any atom is 0.303 e. The van der Waals surface area contributed by atoms with Gasteiger partial charge < -0.3 is 10.0 Å². The van der Waals surface area contributed by atoms with Crippen molar-refractivity contribution in [1.82, 2.24) is 4.90 Å². The van der Waals surface area contributed by atoms with Gasteiger partial charge in [-0.3, -0.25) is 4.79 Å². The van der Waals surface area contributed by atoms with Crippen molar-refractivity contribution in [2.75, 3.05) is 19.6 Å². The van der Waals surface area contributed by atoms with Crippen LogP contribution in [0.15, 0.2) is 0 Å². The molecule has 1 rings (SSSR count). The Balaban J connectivity index is 2.21. The molecule has 0 amide bonds. The van der Waals surface area contributed by atoms with Gasteiger partial charge in [0.15, 0.2) is 0 Å². The molecule has 1 saturated heterocycles. The Hall–Kier alpha value is -0.570. The maximum atomic E-state index is 10.4. The summed E-state index contributed by atoms with van der Waals surface area (Å²) in [5.74, 6) is -0.257. The molecule has 70 valence electrons. The van der Waals surface area contributed by atoms with Gasteiger partial charge in [0.1, 0.15) is 0 Å². The third-order valence-corrected chi connectivity index (χ3v) is 2.37. The predicted molar refractivity (Wildman–Crippen MR) is 47.1 cm³/mol. The van der Waals surface area contributed by atoms with Gasteiger partial charge in [-0.1, -0.05) is 6.92 Å². The minimum atomic E-state index is -0.654. The monoisotopic (exact) mass is 171 g/mol. The normalized spacial score (nSPS) is 24.6. The smallest absolute Gasteiger partial charge is 0.303 e. The minimum absolute atomic E-state index is 0.347. The van der Waals surface area contributed by atoms with Crippen LogP contribution in [-0.4, -0.2) is 35.6 Å². The molecule has 1 aliphatic heterocycles. The standard InChI is InChI=1S/C9H17NO2/c1-2-4-10-5-3-8(7-10)6-9(11)12/h8H,2-7H2,1H3,(H,11,12)/t8-/m0/s1. The summed E-state index contributed by atoms with van der Waals surface area (Å²) in [6.07, 6.45) is 2.58. The average molecular weight is 171 g/mol. The zero-order valence-electron chi connectivity index (χ0n) is 7.62. The largest absolute Gasteiger partial charge is 0.481 e. The van der Waals surface area contributed by atoms with Crippen molar-refractivity contribution in [2.45, 2.75) is 26.2 Å². The number of carbonyl (C=O) groups is 1. The van der Waals surface area contributed by atoms with Crippen LogP contribution >= 0.6 is 0 Å². The van der Waals surface area contributed by atoms with E-state index >= 15 is 0 Å². The van der Waals surface area contributed by atoms with E-state index in [1.54, 1.807) is 0 Å². The molecule has 12 heavy (non-hydrogen) atoms. The second-order valence-corrected chi connectivity index (χ2v) is 3.55. The molecule has 0 bridgehead atoms. The summed E-state index contributed by atoms with van der Waals surface area (Å²) in [5.41, 5.74) is 0. The van der Waals surface area contributed by atoms with Gasteiger partial charge in [0.25, 0.3) is 0 Å². The van der Waals surface area contributed by atoms with E-state index in [0.717, 1.165) is 26.1 Å². The van der Waals surface area contributed by atoms with E-state index in [0.29, 0.717) is 12.3 Å². The summed E-state index contributed by atoms with van der Waals surface area (Å²) < 4.78 is 0. The summed E-state index contributed by atoms with van der Waals surface area (Å²) in [6.45, 7) is 5.35. The molecule has 0 aliphatic carbocycles. The van der Waals surface area contributed by atoms with E-state index in [-0.39, 0.29) is 0 Å². The van der Waals surface area contributed by atoms with Gasteiger partial charge >= 0.3 is 5.97 Å². The summed E-state index contributed by atoms with van der Waals surface area (Å²) in [5, 5.41) is 8.57. The lowest BCUT2D eigenvalue weighted by Gasteiger charge is -2.13. The van der Waals surface area contributed by atoms with E-state index in [2.05, 4.69) is 11.8 Å². The molecule has 1 heterocycles. The molecule has 0 radical (unpaired) electrons. The first kappa shape index (κ1) is 9.52. The summed E-state index contributed by atoms with van der Waals surface area (Å²) in [6, 6.07) is 0. The van der Waals surface area contributed by atoms with Crippen molar-refractivity contribution in [1.29, 1.82) is 0 Å². The number of rotatable bonds is 4. The lowest BCUT2D eigenvalue weighted by atomic mass is 10.1. The van der Waals surface area contributed by atoms with Gasteiger partial charge in [-0.25, -0.2) is 0 Å². The molecule has 1 N–H and O–H groups in total. The Morgan fingerprint density at radius 1 is 1.67 bits per heavy atom. The van der Waals surface area contributed by atoms with Crippen molar-refractivity contribution in [3.63, 3.8) is 0 Å². The third kappa shape index (κ3) is 2.81. The quantitative estimate of drug-likeness (QED) is 0.690. The Bertz CT molecular complexity index is 159. The number of nitrogens with zero attached hydrogens (tertiary/aromatic N) is 1. The fourth-order valence-corrected chi connectivity index (χ4v) is 1.85. The minimum Gasteiger partial charge on any atom is -0.481 e. The molecule has 1 fully saturated rings. The van der Waals surface area contributed by atoms with Gasteiger partial charge in [0.05, 0.1) is 0 Å². The van der Waals surface area contributed by atoms with Crippen LogP contribution in [-0.2, 0) is 4.79 Å². The Morgan fingerprint density at radius 2 is 2.42 bits per heavy atom. The van der Waals surface area contributed by atoms with Crippen LogP contribution in [0.5, 0.6) is 0 Å². The molecule has 0 saturated carbocycles. The molecule has 1 aliphatic rings. The molecule has 0 aromatic carbocycles. The maximum absolute atomic E-state index is 10.4. The van der Waals surface area contributed by atoms with Crippen LogP contribution in [0.2, 0.25) is 0 Å². The van der Waals surface area contributed by atoms with Crippen molar-refractivity contribution in [3.8, 4) is 0 Å². The van der Waals surface area contributed by atoms with Gasteiger partial charge in [0, 0.05) is 13.0 Å². The highest BCUT2D eigenvalue weighted by Crippen LogP contribution is 2.19. The number of carboxylic acid groups (broad SMARTS) is 1. The summed E-state index contributed by atoms with van der Waals surface area (Å²) >= 11 is 0. The van der Waals surface area contributed by atoms with E-state index in [4.69, 9.17) is 5.11 Å². The zero-order valence-corrected chi connectivity index (χ0v) is 7.62. The fourth-order valence-electron chi connectivity index (χ4n) is 1.85. The number of hydrogen-bond donors (Lipinski definition) is 1. The third-order valence-electron chi connectivity index (χ3n) is 2.37. The summed E-state index contributed by atoms with van der Waals surface area (Å²) in [7, 11) is 0. The predicted octanol–water partition coefficient (Wildman–Crippen LogP) is 1.19. The topological polar surface area (TPSA) is 40.5 Å². The first-order chi connectivity index (χ1) is 5.72. The average Bonchev–Trinajstić information content (AvgIpc) is 2.36. The van der Waals surface area contributed by atoms with Crippen LogP contribution in [0, 0.1) is 5.92 Å². The van der Waals surface area contributed by atoms with Gasteiger partial charge in [-0.15, -0.1) is 0 Å². The summed E-state index contributed by atoms with van der Waals surface area (Å²) in [4.78, 5) is 12.8. The van der Waals surface area contributed by atoms with E-state index in [1.807, 2.05) is 0 Å². The molecule has 3 nitrogen and oxygen atoms in total. The first-order valence-corrected chi connectivity index (χ1v) is 4.66. The zero-order chi connectivity index (χ0) is 8.97. The van der Waals surface area contributed by atoms with Crippen LogP contribution in [0.1, 0.15) is 26.2 Å². The lowest BCUT2D eigenvalue weighted by Crippen LogP contribution is -2.21.